The molecule has 152 valence electrons. The highest BCUT2D eigenvalue weighted by molar-refractivity contribution is 6.06. The van der Waals surface area contributed by atoms with Crippen LogP contribution in [-0.2, 0) is 6.54 Å². The number of nitrogens with one attached hydrogen (secondary N) is 2. The largest absolute Gasteiger partial charge is 0.348 e. The molecule has 8 heteroatoms. The molecule has 30 heavy (non-hydrogen) atoms. The van der Waals surface area contributed by atoms with Gasteiger partial charge >= 0.3 is 0 Å². The molecule has 0 fully saturated rings. The lowest BCUT2D eigenvalue weighted by Crippen LogP contribution is -2.28. The fourth-order valence-corrected chi connectivity index (χ4v) is 3.41. The Labute approximate surface area is 170 Å². The maximum atomic E-state index is 13.3. The molecule has 0 bridgehead atoms. The van der Waals surface area contributed by atoms with Crippen molar-refractivity contribution in [3.63, 3.8) is 0 Å². The molecule has 0 aliphatic rings. The zero-order valence-corrected chi connectivity index (χ0v) is 16.7. The van der Waals surface area contributed by atoms with E-state index in [-0.39, 0.29) is 23.6 Å². The minimum absolute atomic E-state index is 0.0697. The minimum atomic E-state index is -0.392. The summed E-state index contributed by atoms with van der Waals surface area (Å²) in [6.07, 6.45) is 0. The molecule has 0 spiro atoms. The topological polar surface area (TPSA) is 101 Å². The maximum Gasteiger partial charge on any atom is 0.259 e. The molecule has 2 N–H and O–H groups in total. The molecule has 3 aromatic heterocycles. The second-order valence-electron chi connectivity index (χ2n) is 7.14. The average Bonchev–Trinajstić information content (AvgIpc) is 3.08. The maximum absolute atomic E-state index is 13.3. The molecular formula is C22H19FN4O3. The lowest BCUT2D eigenvalue weighted by atomic mass is 10.0. The molecule has 3 heterocycles. The van der Waals surface area contributed by atoms with E-state index in [9.17, 15) is 14.0 Å². The van der Waals surface area contributed by atoms with Crippen LogP contribution in [-0.4, -0.2) is 21.0 Å². The van der Waals surface area contributed by atoms with Crippen molar-refractivity contribution < 1.29 is 13.7 Å². The number of carbonyl (C=O) groups excluding carboxylic acids is 1. The van der Waals surface area contributed by atoms with E-state index in [4.69, 9.17) is 4.52 Å². The van der Waals surface area contributed by atoms with E-state index in [1.807, 2.05) is 13.0 Å². The normalized spacial score (nSPS) is 11.1. The number of halogens is 1. The van der Waals surface area contributed by atoms with Crippen LogP contribution in [0.3, 0.4) is 0 Å². The number of H-pyrrole nitrogens is 1. The predicted molar refractivity (Wildman–Crippen MR) is 110 cm³/mol. The van der Waals surface area contributed by atoms with Crippen LogP contribution in [0.2, 0.25) is 0 Å². The first-order valence-corrected chi connectivity index (χ1v) is 9.34. The third-order valence-electron chi connectivity index (χ3n) is 4.92. The highest BCUT2D eigenvalue weighted by Gasteiger charge is 2.20. The van der Waals surface area contributed by atoms with Crippen molar-refractivity contribution in [2.75, 3.05) is 0 Å². The molecule has 0 unspecified atom stereocenters. The number of pyridine rings is 2. The number of amides is 1. The molecule has 4 rings (SSSR count). The first-order chi connectivity index (χ1) is 14.3. The van der Waals surface area contributed by atoms with Crippen LogP contribution in [0.5, 0.6) is 0 Å². The van der Waals surface area contributed by atoms with Gasteiger partial charge in [0, 0.05) is 23.4 Å². The number of aromatic nitrogens is 3. The smallest absolute Gasteiger partial charge is 0.259 e. The molecule has 0 saturated heterocycles. The summed E-state index contributed by atoms with van der Waals surface area (Å²) in [6.45, 7) is 5.41. The van der Waals surface area contributed by atoms with Gasteiger partial charge in [-0.2, -0.15) is 0 Å². The fraction of sp³-hybridized carbons (Fsp3) is 0.182. The number of hydrogen-bond donors (Lipinski definition) is 2. The van der Waals surface area contributed by atoms with Gasteiger partial charge in [-0.3, -0.25) is 9.59 Å². The van der Waals surface area contributed by atoms with Crippen molar-refractivity contribution >= 4 is 17.0 Å². The number of hydrogen-bond acceptors (Lipinski definition) is 5. The van der Waals surface area contributed by atoms with Gasteiger partial charge in [0.15, 0.2) is 0 Å². The number of benzene rings is 1. The summed E-state index contributed by atoms with van der Waals surface area (Å²) in [5.41, 5.74) is 3.94. The SMILES string of the molecule is Cc1cc(C)c(CNC(=O)c2cc(-c3ccc(F)cc3)nc3onc(C)c23)c(=O)[nH]1. The third-order valence-corrected chi connectivity index (χ3v) is 4.92. The van der Waals surface area contributed by atoms with Gasteiger partial charge in [0.1, 0.15) is 5.82 Å². The Hall–Kier alpha value is -3.81. The van der Waals surface area contributed by atoms with Crippen molar-refractivity contribution in [1.82, 2.24) is 20.4 Å². The summed E-state index contributed by atoms with van der Waals surface area (Å²) < 4.78 is 18.5. The monoisotopic (exact) mass is 406 g/mol. The van der Waals surface area contributed by atoms with E-state index >= 15 is 0 Å². The predicted octanol–water partition coefficient (Wildman–Crippen LogP) is 3.57. The molecule has 7 nitrogen and oxygen atoms in total. The van der Waals surface area contributed by atoms with E-state index < -0.39 is 5.91 Å². The van der Waals surface area contributed by atoms with E-state index in [2.05, 4.69) is 20.4 Å². The second-order valence-corrected chi connectivity index (χ2v) is 7.14. The summed E-state index contributed by atoms with van der Waals surface area (Å²) in [5.74, 6) is -0.761. The van der Waals surface area contributed by atoms with E-state index in [0.29, 0.717) is 33.5 Å². The summed E-state index contributed by atoms with van der Waals surface area (Å²) in [6, 6.07) is 9.25. The van der Waals surface area contributed by atoms with Crippen molar-refractivity contribution in [3.8, 4) is 11.3 Å². The molecule has 0 atom stereocenters. The zero-order chi connectivity index (χ0) is 21.4. The second kappa shape index (κ2) is 7.55. The molecule has 0 aliphatic heterocycles. The van der Waals surface area contributed by atoms with Crippen molar-refractivity contribution in [3.05, 3.63) is 80.6 Å². The average molecular weight is 406 g/mol. The zero-order valence-electron chi connectivity index (χ0n) is 16.7. The number of carbonyl (C=O) groups is 1. The Morgan fingerprint density at radius 3 is 2.60 bits per heavy atom. The van der Waals surface area contributed by atoms with Gasteiger partial charge in [0.25, 0.3) is 17.2 Å². The number of fused-ring (bicyclic) bond motifs is 1. The lowest BCUT2D eigenvalue weighted by Gasteiger charge is -2.10. The van der Waals surface area contributed by atoms with Crippen molar-refractivity contribution in [2.24, 2.45) is 0 Å². The number of aryl methyl sites for hydroxylation is 3. The standard InChI is InChI=1S/C22H19FN4O3/c1-11-8-12(2)25-21(29)17(11)10-24-20(28)16-9-18(14-4-6-15(23)7-5-14)26-22-19(16)13(3)27-30-22/h4-9H,10H2,1-3H3,(H,24,28)(H,25,29). The molecular weight excluding hydrogens is 387 g/mol. The van der Waals surface area contributed by atoms with Crippen LogP contribution in [0, 0.1) is 26.6 Å². The van der Waals surface area contributed by atoms with Gasteiger partial charge in [0.2, 0.25) is 0 Å². The van der Waals surface area contributed by atoms with Crippen LogP contribution in [0.25, 0.3) is 22.4 Å². The van der Waals surface area contributed by atoms with Crippen molar-refractivity contribution in [2.45, 2.75) is 27.3 Å². The van der Waals surface area contributed by atoms with Crippen molar-refractivity contribution in [1.29, 1.82) is 0 Å². The number of nitrogens with zero attached hydrogens (tertiary/aromatic N) is 2. The van der Waals surface area contributed by atoms with Gasteiger partial charge in [-0.25, -0.2) is 9.37 Å². The quantitative estimate of drug-likeness (QED) is 0.540. The molecule has 4 aromatic rings. The van der Waals surface area contributed by atoms with Gasteiger partial charge in [0.05, 0.1) is 22.3 Å². The molecule has 1 amide bonds. The molecule has 0 saturated carbocycles. The van der Waals surface area contributed by atoms with E-state index in [0.717, 1.165) is 11.3 Å². The summed E-state index contributed by atoms with van der Waals surface area (Å²) >= 11 is 0. The highest BCUT2D eigenvalue weighted by Crippen LogP contribution is 2.27. The number of rotatable bonds is 4. The third kappa shape index (κ3) is 3.59. The summed E-state index contributed by atoms with van der Waals surface area (Å²) in [7, 11) is 0. The van der Waals surface area contributed by atoms with Crippen LogP contribution in [0.15, 0.2) is 45.7 Å². The number of aromatic amines is 1. The molecule has 0 radical (unpaired) electrons. The van der Waals surface area contributed by atoms with Crippen LogP contribution in [0.4, 0.5) is 4.39 Å². The van der Waals surface area contributed by atoms with Gasteiger partial charge in [-0.15, -0.1) is 0 Å². The van der Waals surface area contributed by atoms with Gasteiger partial charge in [-0.1, -0.05) is 5.16 Å². The molecule has 0 aliphatic carbocycles. The highest BCUT2D eigenvalue weighted by atomic mass is 19.1. The first kappa shape index (κ1) is 19.5. The Bertz CT molecular complexity index is 1320. The van der Waals surface area contributed by atoms with Gasteiger partial charge in [-0.05, 0) is 62.7 Å². The van der Waals surface area contributed by atoms with Crippen LogP contribution in [0.1, 0.15) is 32.9 Å². The van der Waals surface area contributed by atoms with E-state index in [1.165, 1.54) is 12.1 Å². The fourth-order valence-electron chi connectivity index (χ4n) is 3.41. The first-order valence-electron chi connectivity index (χ1n) is 9.34. The Morgan fingerprint density at radius 2 is 1.90 bits per heavy atom. The van der Waals surface area contributed by atoms with Gasteiger partial charge < -0.3 is 14.8 Å². The van der Waals surface area contributed by atoms with Crippen LogP contribution < -0.4 is 10.9 Å². The Kier molecular flexibility index (Phi) is 4.91. The summed E-state index contributed by atoms with van der Waals surface area (Å²) in [5, 5.41) is 7.20. The molecule has 1 aromatic carbocycles. The Morgan fingerprint density at radius 1 is 1.17 bits per heavy atom. The minimum Gasteiger partial charge on any atom is -0.348 e. The summed E-state index contributed by atoms with van der Waals surface area (Å²) in [4.78, 5) is 32.4. The lowest BCUT2D eigenvalue weighted by molar-refractivity contribution is 0.0952. The van der Waals surface area contributed by atoms with Crippen LogP contribution >= 0.6 is 0 Å². The van der Waals surface area contributed by atoms with E-state index in [1.54, 1.807) is 32.0 Å². The Balaban J connectivity index is 1.72.